The summed E-state index contributed by atoms with van der Waals surface area (Å²) in [7, 11) is 15.2. The van der Waals surface area contributed by atoms with Gasteiger partial charge in [0.2, 0.25) is 34.9 Å². The van der Waals surface area contributed by atoms with Crippen LogP contribution in [0.2, 0.25) is 0 Å². The van der Waals surface area contributed by atoms with Crippen molar-refractivity contribution in [1.82, 2.24) is 39.7 Å². The number of nitrogen functional groups attached to an aromatic ring is 1. The van der Waals surface area contributed by atoms with E-state index in [1.165, 1.54) is 18.7 Å². The number of nitrogens with two attached hydrogens (primary N) is 1. The molecule has 79 heavy (non-hydrogen) atoms. The number of benzene rings is 4. The lowest BCUT2D eigenvalue weighted by Gasteiger charge is -2.37. The molecule has 6 aromatic rings. The zero-order valence-electron chi connectivity index (χ0n) is 45.6. The second-order valence-electron chi connectivity index (χ2n) is 18.7. The number of anilines is 12. The van der Waals surface area contributed by atoms with Gasteiger partial charge in [0.25, 0.3) is 0 Å². The van der Waals surface area contributed by atoms with Crippen molar-refractivity contribution in [2.24, 2.45) is 0 Å². The first-order valence-electron chi connectivity index (χ1n) is 24.7. The minimum absolute atomic E-state index is 0.223. The monoisotopic (exact) mass is 1100 g/mol. The van der Waals surface area contributed by atoms with E-state index in [1.807, 2.05) is 108 Å². The van der Waals surface area contributed by atoms with Crippen molar-refractivity contribution in [2.45, 2.75) is 11.2 Å². The summed E-state index contributed by atoms with van der Waals surface area (Å²) in [5.41, 5.74) is 11.1. The highest BCUT2D eigenvalue weighted by atomic mass is 35.5. The number of aliphatic hydroxyl groups is 2. The van der Waals surface area contributed by atoms with Gasteiger partial charge in [0.15, 0.2) is 0 Å². The maximum Gasteiger partial charge on any atom is 0.247 e. The molecule has 0 bridgehead atoms. The van der Waals surface area contributed by atoms with E-state index in [0.29, 0.717) is 63.1 Å². The fraction of sp³-hybridized carbons (Fsp3) is 0.333. The molecule has 4 aromatic carbocycles. The number of hydrogen-bond donors (Lipinski definition) is 8. The first-order valence-corrected chi connectivity index (χ1v) is 25.1. The second kappa shape index (κ2) is 27.9. The van der Waals surface area contributed by atoms with E-state index in [-0.39, 0.29) is 44.2 Å². The number of rotatable bonds is 23. The molecule has 0 saturated carbocycles. The van der Waals surface area contributed by atoms with Crippen LogP contribution in [0.4, 0.5) is 69.3 Å². The SMILES string of the molecule is C=CC(=O)Cl.C=CC(=O)Nc1cc(Nc2ncnc(Nc3ccccc3C3(O)COC3)n2)c(OC)cc1N(C)CCN(C)C.COc1cc(N(C)CCN(C)C)c(N)cc1Nc1ncnc(Nc2ccccc2C2(O)COC2)n1. The van der Waals surface area contributed by atoms with Crippen LogP contribution < -0.4 is 51.6 Å². The van der Waals surface area contributed by atoms with Crippen molar-refractivity contribution in [1.29, 1.82) is 0 Å². The lowest BCUT2D eigenvalue weighted by Crippen LogP contribution is -2.46. The van der Waals surface area contributed by atoms with Gasteiger partial charge in [0, 0.05) is 74.9 Å². The normalized spacial score (nSPS) is 13.6. The van der Waals surface area contributed by atoms with Crippen LogP contribution in [0.5, 0.6) is 11.5 Å². The van der Waals surface area contributed by atoms with E-state index in [1.54, 1.807) is 26.4 Å². The number of halogens is 1. The highest BCUT2D eigenvalue weighted by Crippen LogP contribution is 2.40. The standard InChI is InChI=1S/C27H34N8O4.C24H32N8O3.C3H3ClO/c1-6-24(36)30-20-13-21(23(38-5)14-22(20)35(4)12-11-34(2)3)32-26-29-17-28-25(33-26)31-19-10-8-7-9-18(19)27(37)15-39-16-27;1-31(2)9-10-32(3)20-12-21(34-4)19(11-17(20)25)29-23-27-15-26-22(30-23)28-18-8-6-5-7-16(18)24(33)13-35-14-24;1-2-3(4)5/h6-10,13-14,17,37H,1,11-12,15-16H2,2-5H3,(H,30,36)(H2,28,29,31,32,33);5-8,11-12,15,33H,9-10,13-14,25H2,1-4H3,(H2,26,27,28,29,30);2H,1H2. The minimum atomic E-state index is -1.06. The molecule has 8 rings (SSSR count). The quantitative estimate of drug-likeness (QED) is 0.0213. The molecule has 420 valence electrons. The Hall–Kier alpha value is -8.23. The molecule has 1 amide bonds. The van der Waals surface area contributed by atoms with Gasteiger partial charge in [-0.25, -0.2) is 19.9 Å². The van der Waals surface area contributed by atoms with Crippen molar-refractivity contribution < 1.29 is 38.7 Å². The zero-order chi connectivity index (χ0) is 57.3. The van der Waals surface area contributed by atoms with Crippen molar-refractivity contribution in [2.75, 3.05) is 151 Å². The number of nitrogens with zero attached hydrogens (tertiary/aromatic N) is 10. The minimum Gasteiger partial charge on any atom is -0.494 e. The Labute approximate surface area is 464 Å². The number of nitrogens with one attached hydrogen (secondary N) is 5. The van der Waals surface area contributed by atoms with Gasteiger partial charge in [-0.3, -0.25) is 9.59 Å². The van der Waals surface area contributed by atoms with E-state index >= 15 is 0 Å². The van der Waals surface area contributed by atoms with Crippen LogP contribution in [0.3, 0.4) is 0 Å². The van der Waals surface area contributed by atoms with E-state index in [0.717, 1.165) is 49.2 Å². The lowest BCUT2D eigenvalue weighted by atomic mass is 9.90. The molecule has 0 unspecified atom stereocenters. The summed E-state index contributed by atoms with van der Waals surface area (Å²) in [6.45, 7) is 10.8. The van der Waals surface area contributed by atoms with Crippen LogP contribution in [0, 0.1) is 0 Å². The smallest absolute Gasteiger partial charge is 0.247 e. The maximum absolute atomic E-state index is 12.2. The molecule has 25 heteroatoms. The number of ether oxygens (including phenoxy) is 4. The largest absolute Gasteiger partial charge is 0.494 e. The van der Waals surface area contributed by atoms with E-state index < -0.39 is 16.4 Å². The van der Waals surface area contributed by atoms with Gasteiger partial charge in [-0.15, -0.1) is 0 Å². The summed E-state index contributed by atoms with van der Waals surface area (Å²) in [6, 6.07) is 22.2. The molecule has 2 aliphatic rings. The summed E-state index contributed by atoms with van der Waals surface area (Å²) < 4.78 is 21.7. The number of aromatic nitrogens is 6. The molecule has 0 aliphatic carbocycles. The molecule has 9 N–H and O–H groups in total. The number of carbonyl (C=O) groups excluding carboxylic acids is 2. The lowest BCUT2D eigenvalue weighted by molar-refractivity contribution is -0.184. The summed E-state index contributed by atoms with van der Waals surface area (Å²) in [6.07, 6.45) is 5.04. The Kier molecular flexibility index (Phi) is 21.2. The fourth-order valence-electron chi connectivity index (χ4n) is 7.77. The van der Waals surface area contributed by atoms with E-state index in [4.69, 9.17) is 36.3 Å². The predicted octanol–water partition coefficient (Wildman–Crippen LogP) is 5.81. The molecule has 0 atom stereocenters. The number of methoxy groups -OCH3 is 2. The first-order chi connectivity index (χ1) is 37.8. The third-order valence-corrected chi connectivity index (χ3v) is 12.4. The van der Waals surface area contributed by atoms with E-state index in [9.17, 15) is 19.8 Å². The molecule has 24 nitrogen and oxygen atoms in total. The van der Waals surface area contributed by atoms with Crippen LogP contribution >= 0.6 is 11.6 Å². The zero-order valence-corrected chi connectivity index (χ0v) is 46.3. The highest BCUT2D eigenvalue weighted by molar-refractivity contribution is 6.66. The molecule has 2 fully saturated rings. The van der Waals surface area contributed by atoms with Crippen molar-refractivity contribution in [3.63, 3.8) is 0 Å². The van der Waals surface area contributed by atoms with Crippen LogP contribution in [0.1, 0.15) is 11.1 Å². The molecule has 2 saturated heterocycles. The first kappa shape index (κ1) is 60.0. The number of allylic oxidation sites excluding steroid dienone is 1. The number of likely N-dealkylation sites (N-methyl/N-ethyl adjacent to an activating group) is 4. The number of hydrogen-bond acceptors (Lipinski definition) is 23. The Morgan fingerprint density at radius 2 is 1.01 bits per heavy atom. The molecule has 4 heterocycles. The molecule has 0 radical (unpaired) electrons. The third-order valence-electron chi connectivity index (χ3n) is 12.2. The van der Waals surface area contributed by atoms with Crippen LogP contribution in [0.25, 0.3) is 0 Å². The Bertz CT molecular complexity index is 3050. The topological polar surface area (TPSA) is 288 Å². The summed E-state index contributed by atoms with van der Waals surface area (Å²) >= 11 is 4.71. The number of carbonyl (C=O) groups is 2. The molecule has 2 aromatic heterocycles. The third kappa shape index (κ3) is 16.4. The van der Waals surface area contributed by atoms with Crippen LogP contribution in [-0.4, -0.2) is 170 Å². The molecular formula is C54H69ClN16O8. The number of para-hydroxylation sites is 2. The van der Waals surface area contributed by atoms with Gasteiger partial charge in [0.1, 0.15) is 35.4 Å². The fourth-order valence-corrected chi connectivity index (χ4v) is 7.77. The summed E-state index contributed by atoms with van der Waals surface area (Å²) in [4.78, 5) is 55.9. The van der Waals surface area contributed by atoms with Crippen molar-refractivity contribution in [3.8, 4) is 11.5 Å². The average Bonchev–Trinajstić information content (AvgIpc) is 3.44. The van der Waals surface area contributed by atoms with Gasteiger partial charge in [-0.2, -0.15) is 9.97 Å². The van der Waals surface area contributed by atoms with Gasteiger partial charge in [-0.05, 0) is 76.2 Å². The van der Waals surface area contributed by atoms with Gasteiger partial charge >= 0.3 is 0 Å². The van der Waals surface area contributed by atoms with Gasteiger partial charge < -0.3 is 81.1 Å². The summed E-state index contributed by atoms with van der Waals surface area (Å²) in [5.74, 6) is 1.98. The molecular weight excluding hydrogens is 1040 g/mol. The summed E-state index contributed by atoms with van der Waals surface area (Å²) in [5, 5.41) is 36.6. The Morgan fingerprint density at radius 1 is 0.620 bits per heavy atom. The van der Waals surface area contributed by atoms with Crippen LogP contribution in [-0.2, 0) is 30.3 Å². The van der Waals surface area contributed by atoms with Gasteiger partial charge in [-0.1, -0.05) is 49.6 Å². The van der Waals surface area contributed by atoms with Crippen molar-refractivity contribution in [3.05, 3.63) is 122 Å². The highest BCUT2D eigenvalue weighted by Gasteiger charge is 2.41. The predicted molar refractivity (Wildman–Crippen MR) is 309 cm³/mol. The Balaban J connectivity index is 0.000000236. The van der Waals surface area contributed by atoms with Crippen LogP contribution in [0.15, 0.2) is 111 Å². The number of amides is 1. The maximum atomic E-state index is 12.2. The van der Waals surface area contributed by atoms with Crippen molar-refractivity contribution >= 4 is 92.0 Å². The molecule has 0 spiro atoms. The average molecular weight is 1110 g/mol. The van der Waals surface area contributed by atoms with Gasteiger partial charge in [0.05, 0.1) is 74.8 Å². The Morgan fingerprint density at radius 3 is 1.39 bits per heavy atom. The second-order valence-corrected chi connectivity index (χ2v) is 19.1. The molecule has 2 aliphatic heterocycles. The van der Waals surface area contributed by atoms with E-state index in [2.05, 4.69) is 84.3 Å².